The number of amides is 1. The highest BCUT2D eigenvalue weighted by Crippen LogP contribution is 2.27. The average molecular weight is 350 g/mol. The number of likely N-dealkylation sites (tertiary alicyclic amines) is 1. The zero-order valence-corrected chi connectivity index (χ0v) is 15.2. The number of aromatic nitrogens is 2. The Labute approximate surface area is 154 Å². The molecule has 3 heterocycles. The molecule has 5 nitrogen and oxygen atoms in total. The van der Waals surface area contributed by atoms with Crippen molar-refractivity contribution in [2.75, 3.05) is 19.6 Å². The second kappa shape index (κ2) is 6.54. The number of nitrogens with one attached hydrogen (secondary N) is 1. The maximum atomic E-state index is 12.9. The van der Waals surface area contributed by atoms with Gasteiger partial charge in [0.1, 0.15) is 0 Å². The predicted octanol–water partition coefficient (Wildman–Crippen LogP) is 2.56. The molecule has 0 radical (unpaired) electrons. The Hall–Kier alpha value is -2.14. The molecule has 1 aromatic heterocycles. The van der Waals surface area contributed by atoms with Gasteiger partial charge in [0.25, 0.3) is 5.91 Å². The van der Waals surface area contributed by atoms with Crippen LogP contribution in [0.15, 0.2) is 24.3 Å². The van der Waals surface area contributed by atoms with Gasteiger partial charge in [-0.15, -0.1) is 0 Å². The molecule has 1 amide bonds. The van der Waals surface area contributed by atoms with Crippen molar-refractivity contribution in [3.63, 3.8) is 0 Å². The highest BCUT2D eigenvalue weighted by atomic mass is 16.2. The summed E-state index contributed by atoms with van der Waals surface area (Å²) in [5.41, 5.74) is 6.01. The molecule has 1 fully saturated rings. The highest BCUT2D eigenvalue weighted by Gasteiger charge is 2.32. The van der Waals surface area contributed by atoms with Crippen molar-refractivity contribution in [3.05, 3.63) is 52.3 Å². The number of carbonyl (C=O) groups excluding carboxylic acids is 1. The number of H-pyrrole nitrogens is 1. The van der Waals surface area contributed by atoms with E-state index >= 15 is 0 Å². The third-order valence-corrected chi connectivity index (χ3v) is 6.44. The van der Waals surface area contributed by atoms with Crippen LogP contribution in [0.25, 0.3) is 0 Å². The number of carbonyl (C=O) groups is 1. The van der Waals surface area contributed by atoms with Crippen LogP contribution in [-0.2, 0) is 25.8 Å². The molecule has 2 aromatic rings. The first-order valence-electron chi connectivity index (χ1n) is 9.96. The molecule has 3 aliphatic rings. The van der Waals surface area contributed by atoms with E-state index in [0.717, 1.165) is 64.7 Å². The Morgan fingerprint density at radius 3 is 2.69 bits per heavy atom. The molecule has 1 saturated heterocycles. The third kappa shape index (κ3) is 2.75. The molecule has 26 heavy (non-hydrogen) atoms. The van der Waals surface area contributed by atoms with E-state index in [1.54, 1.807) is 0 Å². The van der Waals surface area contributed by atoms with Gasteiger partial charge in [-0.2, -0.15) is 5.10 Å². The van der Waals surface area contributed by atoms with Crippen molar-refractivity contribution in [2.45, 2.75) is 51.1 Å². The molecule has 5 heteroatoms. The van der Waals surface area contributed by atoms with Crippen LogP contribution in [0, 0.1) is 0 Å². The molecule has 0 saturated carbocycles. The number of rotatable bonds is 2. The Balaban J connectivity index is 1.22. The van der Waals surface area contributed by atoms with Crippen LogP contribution in [0.3, 0.4) is 0 Å². The van der Waals surface area contributed by atoms with Gasteiger partial charge in [0.05, 0.1) is 0 Å². The minimum absolute atomic E-state index is 0.131. The van der Waals surface area contributed by atoms with Crippen LogP contribution in [0.5, 0.6) is 0 Å². The van der Waals surface area contributed by atoms with Crippen LogP contribution in [0.4, 0.5) is 0 Å². The van der Waals surface area contributed by atoms with E-state index in [1.807, 2.05) is 4.90 Å². The SMILES string of the molecule is O=C(c1n[nH]c2c1CCC2)N1CCC(N2CCc3ccccc3C2)CC1. The second-order valence-electron chi connectivity index (χ2n) is 7.90. The van der Waals surface area contributed by atoms with Crippen LogP contribution in [0.2, 0.25) is 0 Å². The monoisotopic (exact) mass is 350 g/mol. The summed E-state index contributed by atoms with van der Waals surface area (Å²) in [5.74, 6) is 0.131. The number of fused-ring (bicyclic) bond motifs is 2. The van der Waals surface area contributed by atoms with Gasteiger partial charge in [0.2, 0.25) is 0 Å². The summed E-state index contributed by atoms with van der Waals surface area (Å²) in [4.78, 5) is 17.5. The van der Waals surface area contributed by atoms with E-state index in [2.05, 4.69) is 39.4 Å². The molecule has 0 spiro atoms. The van der Waals surface area contributed by atoms with Gasteiger partial charge in [0.15, 0.2) is 5.69 Å². The lowest BCUT2D eigenvalue weighted by molar-refractivity contribution is 0.0593. The smallest absolute Gasteiger partial charge is 0.274 e. The summed E-state index contributed by atoms with van der Waals surface area (Å²) in [7, 11) is 0. The van der Waals surface area contributed by atoms with E-state index in [9.17, 15) is 4.79 Å². The summed E-state index contributed by atoms with van der Waals surface area (Å²) >= 11 is 0. The summed E-state index contributed by atoms with van der Waals surface area (Å²) in [5, 5.41) is 7.39. The first-order chi connectivity index (χ1) is 12.8. The fraction of sp³-hybridized carbons (Fsp3) is 0.524. The number of hydrogen-bond donors (Lipinski definition) is 1. The van der Waals surface area contributed by atoms with Crippen molar-refractivity contribution in [3.8, 4) is 0 Å². The number of benzene rings is 1. The molecule has 5 rings (SSSR count). The van der Waals surface area contributed by atoms with Crippen LogP contribution in [0.1, 0.15) is 52.1 Å². The van der Waals surface area contributed by atoms with E-state index in [-0.39, 0.29) is 5.91 Å². The van der Waals surface area contributed by atoms with Gasteiger partial charge in [0, 0.05) is 43.5 Å². The molecule has 2 aliphatic heterocycles. The van der Waals surface area contributed by atoms with Crippen LogP contribution in [-0.4, -0.2) is 51.6 Å². The fourth-order valence-electron chi connectivity index (χ4n) is 4.91. The maximum Gasteiger partial charge on any atom is 0.274 e. The number of aryl methyl sites for hydroxylation is 1. The molecule has 1 aliphatic carbocycles. The number of aromatic amines is 1. The van der Waals surface area contributed by atoms with Crippen molar-refractivity contribution in [1.82, 2.24) is 20.0 Å². The van der Waals surface area contributed by atoms with Gasteiger partial charge in [-0.3, -0.25) is 14.8 Å². The normalized spacial score (nSPS) is 20.8. The minimum Gasteiger partial charge on any atom is -0.337 e. The molecule has 1 N–H and O–H groups in total. The quantitative estimate of drug-likeness (QED) is 0.906. The lowest BCUT2D eigenvalue weighted by Gasteiger charge is -2.40. The van der Waals surface area contributed by atoms with Crippen molar-refractivity contribution in [2.24, 2.45) is 0 Å². The number of nitrogens with zero attached hydrogens (tertiary/aromatic N) is 3. The molecule has 0 bridgehead atoms. The highest BCUT2D eigenvalue weighted by molar-refractivity contribution is 5.94. The van der Waals surface area contributed by atoms with Gasteiger partial charge >= 0.3 is 0 Å². The first-order valence-corrected chi connectivity index (χ1v) is 9.96. The van der Waals surface area contributed by atoms with Crippen molar-refractivity contribution < 1.29 is 4.79 Å². The van der Waals surface area contributed by atoms with E-state index in [0.29, 0.717) is 11.7 Å². The molecular formula is C21H26N4O. The lowest BCUT2D eigenvalue weighted by Crippen LogP contribution is -2.48. The molecular weight excluding hydrogens is 324 g/mol. The maximum absolute atomic E-state index is 12.9. The number of hydrogen-bond acceptors (Lipinski definition) is 3. The summed E-state index contributed by atoms with van der Waals surface area (Å²) in [6, 6.07) is 9.41. The summed E-state index contributed by atoms with van der Waals surface area (Å²) < 4.78 is 0. The Kier molecular flexibility index (Phi) is 4.04. The van der Waals surface area contributed by atoms with Crippen molar-refractivity contribution >= 4 is 5.91 Å². The number of piperidine rings is 1. The van der Waals surface area contributed by atoms with Gasteiger partial charge in [-0.1, -0.05) is 24.3 Å². The van der Waals surface area contributed by atoms with E-state index in [4.69, 9.17) is 0 Å². The topological polar surface area (TPSA) is 52.2 Å². The first kappa shape index (κ1) is 16.1. The zero-order valence-electron chi connectivity index (χ0n) is 15.2. The van der Waals surface area contributed by atoms with Crippen molar-refractivity contribution in [1.29, 1.82) is 0 Å². The molecule has 0 unspecified atom stereocenters. The Morgan fingerprint density at radius 2 is 1.85 bits per heavy atom. The minimum atomic E-state index is 0.131. The molecule has 136 valence electrons. The predicted molar refractivity (Wildman–Crippen MR) is 100 cm³/mol. The Bertz CT molecular complexity index is 819. The molecule has 0 atom stereocenters. The largest absolute Gasteiger partial charge is 0.337 e. The molecule has 1 aromatic carbocycles. The zero-order chi connectivity index (χ0) is 17.5. The van der Waals surface area contributed by atoms with Crippen LogP contribution < -0.4 is 0 Å². The third-order valence-electron chi connectivity index (χ3n) is 6.44. The Morgan fingerprint density at radius 1 is 1.04 bits per heavy atom. The van der Waals surface area contributed by atoms with Crippen LogP contribution >= 0.6 is 0 Å². The lowest BCUT2D eigenvalue weighted by atomic mass is 9.95. The van der Waals surface area contributed by atoms with E-state index in [1.165, 1.54) is 22.4 Å². The van der Waals surface area contributed by atoms with Gasteiger partial charge in [-0.05, 0) is 49.7 Å². The fourth-order valence-corrected chi connectivity index (χ4v) is 4.91. The van der Waals surface area contributed by atoms with Gasteiger partial charge in [-0.25, -0.2) is 0 Å². The average Bonchev–Trinajstić information content (AvgIpc) is 3.31. The summed E-state index contributed by atoms with van der Waals surface area (Å²) in [6.07, 6.45) is 6.46. The summed E-state index contributed by atoms with van der Waals surface area (Å²) in [6.45, 7) is 3.90. The second-order valence-corrected chi connectivity index (χ2v) is 7.90. The van der Waals surface area contributed by atoms with E-state index < -0.39 is 0 Å². The standard InChI is InChI=1S/C21H26N4O/c26-21(20-18-6-3-7-19(18)22-23-20)24-12-9-17(10-13-24)25-11-8-15-4-1-2-5-16(15)14-25/h1-2,4-5,17H,3,6-14H2,(H,22,23). The van der Waals surface area contributed by atoms with Gasteiger partial charge < -0.3 is 4.90 Å².